The lowest BCUT2D eigenvalue weighted by atomic mass is 10.0. The number of carbonyl (C=O) groups excluding carboxylic acids is 2. The number of carbonyl (C=O) groups is 2. The number of benzene rings is 2. The number of anilines is 1. The molecule has 31 heavy (non-hydrogen) atoms. The summed E-state index contributed by atoms with van der Waals surface area (Å²) >= 11 is 1.65. The minimum Gasteiger partial charge on any atom is -0.478 e. The summed E-state index contributed by atoms with van der Waals surface area (Å²) in [5.74, 6) is 0.171. The van der Waals surface area contributed by atoms with Gasteiger partial charge in [-0.1, -0.05) is 19.1 Å². The van der Waals surface area contributed by atoms with Crippen molar-refractivity contribution >= 4 is 28.9 Å². The number of aryl methyl sites for hydroxylation is 2. The van der Waals surface area contributed by atoms with Crippen molar-refractivity contribution < 1.29 is 19.1 Å². The molecule has 3 aromatic rings. The Morgan fingerprint density at radius 1 is 1.23 bits per heavy atom. The van der Waals surface area contributed by atoms with Crippen molar-refractivity contribution in [1.29, 1.82) is 0 Å². The third kappa shape index (κ3) is 4.05. The maximum absolute atomic E-state index is 13.2. The van der Waals surface area contributed by atoms with Gasteiger partial charge in [0.25, 0.3) is 5.91 Å². The summed E-state index contributed by atoms with van der Waals surface area (Å²) in [5, 5.41) is 1.00. The van der Waals surface area contributed by atoms with Crippen LogP contribution in [0.4, 0.5) is 5.69 Å². The van der Waals surface area contributed by atoms with Crippen LogP contribution in [0.15, 0.2) is 42.5 Å². The van der Waals surface area contributed by atoms with Crippen LogP contribution in [0.1, 0.15) is 39.2 Å². The molecular formula is C24H24N2O4S. The lowest BCUT2D eigenvalue weighted by Gasteiger charge is -2.34. The first kappa shape index (κ1) is 21.1. The Morgan fingerprint density at radius 3 is 2.71 bits per heavy atom. The summed E-state index contributed by atoms with van der Waals surface area (Å²) in [4.78, 5) is 32.7. The molecule has 1 unspecified atom stereocenters. The smallest absolute Gasteiger partial charge is 0.337 e. The average molecular weight is 437 g/mol. The minimum absolute atomic E-state index is 0.0956. The summed E-state index contributed by atoms with van der Waals surface area (Å²) in [5.41, 5.74) is 3.87. The SMILES string of the molecule is CCC1Oc2ccc(-c3nc(C)sc3C)cc2N(Cc2cccc(C(=O)OC)c2)C1=O. The van der Waals surface area contributed by atoms with Crippen molar-refractivity contribution in [1.82, 2.24) is 4.98 Å². The summed E-state index contributed by atoms with van der Waals surface area (Å²) < 4.78 is 10.8. The van der Waals surface area contributed by atoms with Gasteiger partial charge in [0.05, 0.1) is 35.6 Å². The van der Waals surface area contributed by atoms with E-state index in [1.54, 1.807) is 34.4 Å². The second kappa shape index (κ2) is 8.51. The predicted octanol–water partition coefficient (Wildman–Crippen LogP) is 4.92. The zero-order valence-corrected chi connectivity index (χ0v) is 18.8. The van der Waals surface area contributed by atoms with Crippen LogP contribution in [-0.4, -0.2) is 30.1 Å². The molecule has 0 saturated carbocycles. The third-order valence-corrected chi connectivity index (χ3v) is 6.18. The Labute approximate surface area is 185 Å². The first-order chi connectivity index (χ1) is 14.9. The maximum Gasteiger partial charge on any atom is 0.337 e. The number of hydrogen-bond donors (Lipinski definition) is 0. The fraction of sp³-hybridized carbons (Fsp3) is 0.292. The minimum atomic E-state index is -0.537. The van der Waals surface area contributed by atoms with Crippen LogP contribution in [0.5, 0.6) is 5.75 Å². The first-order valence-electron chi connectivity index (χ1n) is 10.1. The van der Waals surface area contributed by atoms with Gasteiger partial charge < -0.3 is 14.4 Å². The Balaban J connectivity index is 1.75. The van der Waals surface area contributed by atoms with Crippen LogP contribution < -0.4 is 9.64 Å². The van der Waals surface area contributed by atoms with E-state index >= 15 is 0 Å². The van der Waals surface area contributed by atoms with Gasteiger partial charge in [0, 0.05) is 10.4 Å². The van der Waals surface area contributed by atoms with E-state index in [-0.39, 0.29) is 5.91 Å². The normalized spacial score (nSPS) is 15.4. The molecule has 1 amide bonds. The van der Waals surface area contributed by atoms with E-state index < -0.39 is 12.1 Å². The number of nitrogens with zero attached hydrogens (tertiary/aromatic N) is 2. The van der Waals surface area contributed by atoms with Crippen LogP contribution in [0.25, 0.3) is 11.3 Å². The highest BCUT2D eigenvalue weighted by molar-refractivity contribution is 7.11. The van der Waals surface area contributed by atoms with E-state index in [0.29, 0.717) is 30.0 Å². The van der Waals surface area contributed by atoms with Gasteiger partial charge >= 0.3 is 5.97 Å². The number of aromatic nitrogens is 1. The highest BCUT2D eigenvalue weighted by atomic mass is 32.1. The molecule has 0 aliphatic carbocycles. The number of thiazole rings is 1. The molecule has 2 aromatic carbocycles. The van der Waals surface area contributed by atoms with Gasteiger partial charge in [0.2, 0.25) is 0 Å². The number of fused-ring (bicyclic) bond motifs is 1. The van der Waals surface area contributed by atoms with Gasteiger partial charge in [-0.3, -0.25) is 4.79 Å². The second-order valence-corrected chi connectivity index (χ2v) is 8.86. The molecule has 0 saturated heterocycles. The molecule has 0 bridgehead atoms. The van der Waals surface area contributed by atoms with Gasteiger partial charge in [-0.15, -0.1) is 11.3 Å². The fourth-order valence-electron chi connectivity index (χ4n) is 3.79. The Bertz CT molecular complexity index is 1150. The number of esters is 1. The molecule has 6 nitrogen and oxygen atoms in total. The largest absolute Gasteiger partial charge is 0.478 e. The zero-order chi connectivity index (χ0) is 22.1. The topological polar surface area (TPSA) is 68.7 Å². The first-order valence-corrected chi connectivity index (χ1v) is 11.0. The predicted molar refractivity (Wildman–Crippen MR) is 121 cm³/mol. The van der Waals surface area contributed by atoms with Crippen molar-refractivity contribution in [2.75, 3.05) is 12.0 Å². The molecule has 160 valence electrons. The van der Waals surface area contributed by atoms with Crippen LogP contribution in [0.3, 0.4) is 0 Å². The number of ether oxygens (including phenoxy) is 2. The molecule has 0 N–H and O–H groups in total. The molecule has 1 aromatic heterocycles. The molecule has 0 fully saturated rings. The summed E-state index contributed by atoms with van der Waals surface area (Å²) in [6.07, 6.45) is 0.0359. The molecule has 1 aliphatic rings. The standard InChI is InChI=1S/C24H24N2O4S/c1-5-20-23(27)26(13-16-7-6-8-18(11-16)24(28)29-4)19-12-17(9-10-21(19)30-20)22-14(2)31-15(3)25-22/h6-12,20H,5,13H2,1-4H3. The van der Waals surface area contributed by atoms with Crippen LogP contribution >= 0.6 is 11.3 Å². The van der Waals surface area contributed by atoms with E-state index in [9.17, 15) is 9.59 Å². The van der Waals surface area contributed by atoms with Crippen molar-refractivity contribution in [3.8, 4) is 17.0 Å². The highest BCUT2D eigenvalue weighted by Crippen LogP contribution is 2.40. The van der Waals surface area contributed by atoms with Crippen molar-refractivity contribution in [2.45, 2.75) is 39.8 Å². The van der Waals surface area contributed by atoms with E-state index in [1.807, 2.05) is 45.0 Å². The molecule has 0 spiro atoms. The Kier molecular flexibility index (Phi) is 5.78. The molecule has 1 aliphatic heterocycles. The maximum atomic E-state index is 13.2. The van der Waals surface area contributed by atoms with Crippen LogP contribution in [0.2, 0.25) is 0 Å². The molecule has 1 atom stereocenters. The molecule has 2 heterocycles. The average Bonchev–Trinajstić information content (AvgIpc) is 3.12. The number of rotatable bonds is 5. The quantitative estimate of drug-likeness (QED) is 0.531. The number of hydrogen-bond acceptors (Lipinski definition) is 6. The highest BCUT2D eigenvalue weighted by Gasteiger charge is 2.34. The van der Waals surface area contributed by atoms with E-state index in [0.717, 1.165) is 26.7 Å². The molecule has 4 rings (SSSR count). The van der Waals surface area contributed by atoms with Gasteiger partial charge in [-0.25, -0.2) is 9.78 Å². The van der Waals surface area contributed by atoms with Crippen molar-refractivity contribution in [2.24, 2.45) is 0 Å². The van der Waals surface area contributed by atoms with E-state index in [4.69, 9.17) is 9.47 Å². The van der Waals surface area contributed by atoms with Gasteiger partial charge in [-0.05, 0) is 56.2 Å². The summed E-state index contributed by atoms with van der Waals surface area (Å²) in [7, 11) is 1.35. The molecule has 7 heteroatoms. The lowest BCUT2D eigenvalue weighted by Crippen LogP contribution is -2.45. The monoisotopic (exact) mass is 436 g/mol. The molecule has 0 radical (unpaired) electrons. The van der Waals surface area contributed by atoms with Crippen molar-refractivity contribution in [3.63, 3.8) is 0 Å². The van der Waals surface area contributed by atoms with Gasteiger partial charge in [0.15, 0.2) is 6.10 Å². The number of amides is 1. The van der Waals surface area contributed by atoms with Crippen LogP contribution in [0, 0.1) is 13.8 Å². The third-order valence-electron chi connectivity index (χ3n) is 5.30. The molecular weight excluding hydrogens is 412 g/mol. The fourth-order valence-corrected chi connectivity index (χ4v) is 4.63. The van der Waals surface area contributed by atoms with E-state index in [2.05, 4.69) is 4.98 Å². The summed E-state index contributed by atoms with van der Waals surface area (Å²) in [6, 6.07) is 13.0. The zero-order valence-electron chi connectivity index (χ0n) is 18.0. The Hall–Kier alpha value is -3.19. The number of methoxy groups -OCH3 is 1. The second-order valence-electron chi connectivity index (χ2n) is 7.45. The van der Waals surface area contributed by atoms with Crippen molar-refractivity contribution in [3.05, 3.63) is 63.5 Å². The van der Waals surface area contributed by atoms with Gasteiger partial charge in [0.1, 0.15) is 5.75 Å². The lowest BCUT2D eigenvalue weighted by molar-refractivity contribution is -0.126. The summed E-state index contributed by atoms with van der Waals surface area (Å²) in [6.45, 7) is 6.29. The Morgan fingerprint density at radius 2 is 2.03 bits per heavy atom. The van der Waals surface area contributed by atoms with Gasteiger partial charge in [-0.2, -0.15) is 0 Å². The van der Waals surface area contributed by atoms with E-state index in [1.165, 1.54) is 7.11 Å². The van der Waals surface area contributed by atoms with Crippen LogP contribution in [-0.2, 0) is 16.1 Å².